The van der Waals surface area contributed by atoms with Gasteiger partial charge in [-0.25, -0.2) is 8.78 Å². The molecule has 2 nitrogen and oxygen atoms in total. The van der Waals surface area contributed by atoms with E-state index in [1.165, 1.54) is 0 Å². The number of carbonyl (C=O) groups excluding carboxylic acids is 1. The number of rotatable bonds is 3. The van der Waals surface area contributed by atoms with E-state index in [1.54, 1.807) is 0 Å². The maximum atomic E-state index is 12.1. The molecule has 0 heterocycles. The number of nitrogens with two attached hydrogens (primary N) is 1. The van der Waals surface area contributed by atoms with Gasteiger partial charge in [0.2, 0.25) is 0 Å². The quantitative estimate of drug-likeness (QED) is 0.795. The largest absolute Gasteiger partial charge is 0.328 e. The van der Waals surface area contributed by atoms with Crippen LogP contribution in [0.2, 0.25) is 0 Å². The van der Waals surface area contributed by atoms with Crippen LogP contribution in [0.5, 0.6) is 0 Å². The van der Waals surface area contributed by atoms with Gasteiger partial charge in [0.05, 0.1) is 0 Å². The molecule has 0 aliphatic rings. The molecule has 0 aromatic heterocycles. The maximum Gasteiger partial charge on any atom is 0.190 e. The third kappa shape index (κ3) is 4.81. The standard InChI is InChI=1S/C5H9F2NO.Xe/c1-3(9)5(7)4(6)2-8;/h4-5H,2,8H2,1H3;. The summed E-state index contributed by atoms with van der Waals surface area (Å²) < 4.78 is 24.2. The van der Waals surface area contributed by atoms with Crippen molar-refractivity contribution in [3.05, 3.63) is 0 Å². The van der Waals surface area contributed by atoms with Gasteiger partial charge in [0.1, 0.15) is 0 Å². The van der Waals surface area contributed by atoms with Crippen LogP contribution in [0.25, 0.3) is 0 Å². The van der Waals surface area contributed by atoms with Gasteiger partial charge in [-0.3, -0.25) is 4.79 Å². The summed E-state index contributed by atoms with van der Waals surface area (Å²) in [6, 6.07) is 0. The Morgan fingerprint density at radius 1 is 1.60 bits per heavy atom. The second-order valence-corrected chi connectivity index (χ2v) is 1.76. The minimum Gasteiger partial charge on any atom is -0.328 e. The number of halogens is 2. The number of alkyl halides is 2. The summed E-state index contributed by atoms with van der Waals surface area (Å²) in [5, 5.41) is 0. The number of Topliss-reactive ketones (excluding diaryl/α,β-unsaturated/α-hetero) is 1. The predicted octanol–water partition coefficient (Wildman–Crippen LogP) is 0.210. The van der Waals surface area contributed by atoms with Crippen LogP contribution in [0.4, 0.5) is 8.78 Å². The summed E-state index contributed by atoms with van der Waals surface area (Å²) in [6.45, 7) is 0.549. The molecule has 10 heavy (non-hydrogen) atoms. The van der Waals surface area contributed by atoms with Crippen molar-refractivity contribution >= 4 is 5.78 Å². The Morgan fingerprint density at radius 3 is 2.10 bits per heavy atom. The molecule has 0 aromatic carbocycles. The maximum absolute atomic E-state index is 12.1. The van der Waals surface area contributed by atoms with E-state index >= 15 is 0 Å². The number of carbonyl (C=O) groups is 1. The van der Waals surface area contributed by atoms with Crippen LogP contribution in [-0.4, -0.2) is 24.7 Å². The Bertz CT molecular complexity index is 112. The normalized spacial score (nSPS) is 15.2. The third-order valence-corrected chi connectivity index (χ3v) is 0.931. The monoisotopic (exact) mass is 269 g/mol. The Balaban J connectivity index is 0. The first-order valence-corrected chi connectivity index (χ1v) is 2.58. The van der Waals surface area contributed by atoms with Gasteiger partial charge in [-0.15, -0.1) is 0 Å². The van der Waals surface area contributed by atoms with E-state index in [9.17, 15) is 13.6 Å². The molecule has 62 valence electrons. The van der Waals surface area contributed by atoms with E-state index in [-0.39, 0.29) is 48.9 Å². The van der Waals surface area contributed by atoms with Crippen LogP contribution >= 0.6 is 0 Å². The molecular formula is C5H9F2NOXe. The molecule has 2 atom stereocenters. The molecule has 2 N–H and O–H groups in total. The Morgan fingerprint density at radius 2 is 2.00 bits per heavy atom. The van der Waals surface area contributed by atoms with Gasteiger partial charge in [0.15, 0.2) is 18.1 Å². The summed E-state index contributed by atoms with van der Waals surface area (Å²) in [5.41, 5.74) is 4.74. The zero-order chi connectivity index (χ0) is 7.44. The minimum absolute atomic E-state index is 0. The molecular weight excluding hydrogens is 259 g/mol. The van der Waals surface area contributed by atoms with E-state index in [1.807, 2.05) is 0 Å². The smallest absolute Gasteiger partial charge is 0.190 e. The van der Waals surface area contributed by atoms with Crippen LogP contribution in [0, 0.1) is 48.9 Å². The van der Waals surface area contributed by atoms with Gasteiger partial charge in [-0.2, -0.15) is 0 Å². The van der Waals surface area contributed by atoms with Crippen molar-refractivity contribution in [2.24, 2.45) is 5.73 Å². The van der Waals surface area contributed by atoms with Crippen LogP contribution < -0.4 is 5.73 Å². The van der Waals surface area contributed by atoms with Crippen molar-refractivity contribution in [3.63, 3.8) is 0 Å². The fraction of sp³-hybridized carbons (Fsp3) is 0.800. The van der Waals surface area contributed by atoms with Gasteiger partial charge >= 0.3 is 0 Å². The summed E-state index contributed by atoms with van der Waals surface area (Å²) in [7, 11) is 0. The van der Waals surface area contributed by atoms with E-state index in [0.717, 1.165) is 6.92 Å². The summed E-state index contributed by atoms with van der Waals surface area (Å²) in [5.74, 6) is -0.812. The van der Waals surface area contributed by atoms with Crippen LogP contribution in [-0.2, 0) is 4.79 Å². The molecule has 0 saturated carbocycles. The van der Waals surface area contributed by atoms with Gasteiger partial charge < -0.3 is 5.73 Å². The number of hydrogen-bond acceptors (Lipinski definition) is 2. The Kier molecular flexibility index (Phi) is 9.21. The zero-order valence-corrected chi connectivity index (χ0v) is 7.48. The van der Waals surface area contributed by atoms with Crippen LogP contribution in [0.3, 0.4) is 0 Å². The van der Waals surface area contributed by atoms with E-state index in [4.69, 9.17) is 5.73 Å². The van der Waals surface area contributed by atoms with Crippen molar-refractivity contribution in [1.82, 2.24) is 0 Å². The molecule has 0 aliphatic heterocycles. The third-order valence-electron chi connectivity index (χ3n) is 0.931. The van der Waals surface area contributed by atoms with E-state index in [2.05, 4.69) is 0 Å². The first kappa shape index (κ1) is 13.6. The number of hydrogen-bond donors (Lipinski definition) is 1. The molecule has 0 radical (unpaired) electrons. The number of ketones is 1. The van der Waals surface area contributed by atoms with Gasteiger partial charge in [0.25, 0.3) is 0 Å². The topological polar surface area (TPSA) is 43.1 Å². The van der Waals surface area contributed by atoms with Gasteiger partial charge in [-0.05, 0) is 6.92 Å². The fourth-order valence-corrected chi connectivity index (χ4v) is 0.374. The molecule has 0 spiro atoms. The molecule has 0 amide bonds. The molecule has 0 aromatic rings. The first-order chi connectivity index (χ1) is 4.09. The summed E-state index contributed by atoms with van der Waals surface area (Å²) >= 11 is 0. The summed E-state index contributed by atoms with van der Waals surface area (Å²) in [4.78, 5) is 10.1. The molecule has 0 aliphatic carbocycles. The van der Waals surface area contributed by atoms with Crippen molar-refractivity contribution in [2.75, 3.05) is 6.54 Å². The van der Waals surface area contributed by atoms with E-state index < -0.39 is 24.7 Å². The van der Waals surface area contributed by atoms with Gasteiger partial charge in [-0.1, -0.05) is 0 Å². The average molecular weight is 268 g/mol. The van der Waals surface area contributed by atoms with Crippen LogP contribution in [0.1, 0.15) is 6.92 Å². The van der Waals surface area contributed by atoms with E-state index in [0.29, 0.717) is 0 Å². The molecule has 5 heteroatoms. The first-order valence-electron chi connectivity index (χ1n) is 2.58. The Hall–Kier alpha value is 1.06. The molecule has 0 bridgehead atoms. The Labute approximate surface area is 98.6 Å². The molecule has 2 unspecified atom stereocenters. The van der Waals surface area contributed by atoms with Crippen molar-refractivity contribution in [2.45, 2.75) is 19.3 Å². The van der Waals surface area contributed by atoms with Gasteiger partial charge in [0, 0.05) is 55.4 Å². The minimum atomic E-state index is -2.05. The van der Waals surface area contributed by atoms with Crippen molar-refractivity contribution in [1.29, 1.82) is 0 Å². The summed E-state index contributed by atoms with van der Waals surface area (Å²) in [6.07, 6.45) is -3.89. The molecule has 0 rings (SSSR count). The second-order valence-electron chi connectivity index (χ2n) is 1.76. The SMILES string of the molecule is CC(=O)C(F)C(F)CN.[Xe]. The van der Waals surface area contributed by atoms with Crippen LogP contribution in [0.15, 0.2) is 0 Å². The molecule has 0 saturated heterocycles. The second kappa shape index (κ2) is 6.75. The zero-order valence-electron chi connectivity index (χ0n) is 5.46. The van der Waals surface area contributed by atoms with Crippen molar-refractivity contribution in [3.8, 4) is 0 Å². The fourth-order valence-electron chi connectivity index (χ4n) is 0.374. The van der Waals surface area contributed by atoms with Crippen molar-refractivity contribution < 1.29 is 62.5 Å². The predicted molar refractivity (Wildman–Crippen MR) is 29.5 cm³/mol. The molecule has 0 fully saturated rings. The average Bonchev–Trinajstić information content (AvgIpc) is 1.84.